The minimum absolute atomic E-state index is 0.0863. The number of hydrogen-bond acceptors (Lipinski definition) is 6. The molecule has 0 bridgehead atoms. The first-order valence-corrected chi connectivity index (χ1v) is 11.8. The summed E-state index contributed by atoms with van der Waals surface area (Å²) in [7, 11) is 1.58. The number of fused-ring (bicyclic) bond motifs is 1. The molecule has 9 nitrogen and oxygen atoms in total. The summed E-state index contributed by atoms with van der Waals surface area (Å²) in [6, 6.07) is 7.14. The van der Waals surface area contributed by atoms with Crippen LogP contribution in [0.4, 0.5) is 4.79 Å². The van der Waals surface area contributed by atoms with E-state index in [0.29, 0.717) is 55.1 Å². The molecule has 0 aliphatic carbocycles. The van der Waals surface area contributed by atoms with Gasteiger partial charge in [0.15, 0.2) is 0 Å². The van der Waals surface area contributed by atoms with Gasteiger partial charge in [0.05, 0.1) is 11.4 Å². The second kappa shape index (κ2) is 9.21. The molecule has 1 saturated heterocycles. The Morgan fingerprint density at radius 3 is 2.56 bits per heavy atom. The molecule has 2 aromatic rings. The first-order chi connectivity index (χ1) is 16.1. The summed E-state index contributed by atoms with van der Waals surface area (Å²) >= 11 is 0. The van der Waals surface area contributed by atoms with Crippen molar-refractivity contribution in [3.8, 4) is 5.69 Å². The Balaban J connectivity index is 1.74. The summed E-state index contributed by atoms with van der Waals surface area (Å²) in [5, 5.41) is 5.99. The molecule has 2 amide bonds. The van der Waals surface area contributed by atoms with Gasteiger partial charge >= 0.3 is 6.09 Å². The number of nitrogens with zero attached hydrogens (tertiary/aromatic N) is 3. The van der Waals surface area contributed by atoms with E-state index in [1.807, 2.05) is 20.8 Å². The van der Waals surface area contributed by atoms with E-state index in [0.717, 1.165) is 5.69 Å². The molecule has 0 spiro atoms. The highest BCUT2D eigenvalue weighted by molar-refractivity contribution is 5.94. The maximum atomic E-state index is 13.7. The van der Waals surface area contributed by atoms with Gasteiger partial charge < -0.3 is 20.3 Å². The summed E-state index contributed by atoms with van der Waals surface area (Å²) in [6.07, 6.45) is 0.934. The Kier molecular flexibility index (Phi) is 6.49. The zero-order valence-corrected chi connectivity index (χ0v) is 20.5. The van der Waals surface area contributed by atoms with Crippen LogP contribution < -0.4 is 16.2 Å². The van der Waals surface area contributed by atoms with Crippen LogP contribution in [0.1, 0.15) is 67.5 Å². The Labute approximate surface area is 199 Å². The molecule has 2 unspecified atom stereocenters. The third kappa shape index (κ3) is 4.84. The molecule has 0 saturated carbocycles. The van der Waals surface area contributed by atoms with E-state index in [9.17, 15) is 14.4 Å². The molecule has 34 heavy (non-hydrogen) atoms. The summed E-state index contributed by atoms with van der Waals surface area (Å²) in [4.78, 5) is 45.0. The number of amides is 2. The maximum absolute atomic E-state index is 13.7. The van der Waals surface area contributed by atoms with Crippen LogP contribution in [-0.2, 0) is 17.7 Å². The molecule has 2 N–H and O–H groups in total. The Bertz CT molecular complexity index is 1150. The molecule has 1 aromatic carbocycles. The molecule has 2 aliphatic heterocycles. The van der Waals surface area contributed by atoms with Crippen molar-refractivity contribution in [3.05, 3.63) is 57.3 Å². The quantitative estimate of drug-likeness (QED) is 0.718. The first-order valence-electron chi connectivity index (χ1n) is 11.8. The van der Waals surface area contributed by atoms with Gasteiger partial charge in [-0.25, -0.2) is 9.78 Å². The van der Waals surface area contributed by atoms with Crippen LogP contribution in [-0.4, -0.2) is 58.2 Å². The lowest BCUT2D eigenvalue weighted by Crippen LogP contribution is -2.41. The number of hydrogen-bond donors (Lipinski definition) is 2. The Morgan fingerprint density at radius 1 is 1.21 bits per heavy atom. The van der Waals surface area contributed by atoms with E-state index in [1.165, 1.54) is 0 Å². The summed E-state index contributed by atoms with van der Waals surface area (Å²) in [5.41, 5.74) is 2.00. The highest BCUT2D eigenvalue weighted by atomic mass is 16.6. The minimum Gasteiger partial charge on any atom is -0.444 e. The lowest BCUT2D eigenvalue weighted by molar-refractivity contribution is 0.0292. The van der Waals surface area contributed by atoms with Gasteiger partial charge in [-0.05, 0) is 64.8 Å². The number of ether oxygens (including phenoxy) is 1. The topological polar surface area (TPSA) is 106 Å². The molecule has 1 fully saturated rings. The van der Waals surface area contributed by atoms with Gasteiger partial charge in [0.1, 0.15) is 11.4 Å². The Morgan fingerprint density at radius 2 is 1.91 bits per heavy atom. The molecule has 2 aliphatic rings. The van der Waals surface area contributed by atoms with Crippen LogP contribution in [0.3, 0.4) is 0 Å². The standard InChI is InChI=1S/C25H33N5O4/c1-15-12-19-20(13-27-15)28-21(17-10-11-29(14-17)24(33)34-25(2,3)4)30(23(19)32)18-8-6-16(7-9-18)22(31)26-5/h6-9,15,17,27H,10-14H2,1-5H3,(H,26,31). The predicted molar refractivity (Wildman–Crippen MR) is 128 cm³/mol. The number of carbonyl (C=O) groups excluding carboxylic acids is 2. The Hall–Kier alpha value is -3.20. The van der Waals surface area contributed by atoms with E-state index in [4.69, 9.17) is 9.72 Å². The van der Waals surface area contributed by atoms with Crippen LogP contribution in [0.15, 0.2) is 29.1 Å². The molecular weight excluding hydrogens is 434 g/mol. The van der Waals surface area contributed by atoms with Crippen molar-refractivity contribution < 1.29 is 14.3 Å². The number of rotatable bonds is 3. The van der Waals surface area contributed by atoms with Crippen molar-refractivity contribution in [1.82, 2.24) is 25.1 Å². The summed E-state index contributed by atoms with van der Waals surface area (Å²) < 4.78 is 7.20. The van der Waals surface area contributed by atoms with E-state index < -0.39 is 5.60 Å². The lowest BCUT2D eigenvalue weighted by Gasteiger charge is -2.26. The van der Waals surface area contributed by atoms with Gasteiger partial charge in [0.2, 0.25) is 0 Å². The van der Waals surface area contributed by atoms with Crippen molar-refractivity contribution >= 4 is 12.0 Å². The van der Waals surface area contributed by atoms with Crippen LogP contribution in [0.25, 0.3) is 5.69 Å². The van der Waals surface area contributed by atoms with Gasteiger partial charge in [-0.1, -0.05) is 0 Å². The second-order valence-corrected chi connectivity index (χ2v) is 10.1. The lowest BCUT2D eigenvalue weighted by atomic mass is 10.00. The molecule has 9 heteroatoms. The van der Waals surface area contributed by atoms with Gasteiger partial charge in [-0.3, -0.25) is 14.2 Å². The van der Waals surface area contributed by atoms with Crippen LogP contribution >= 0.6 is 0 Å². The fourth-order valence-corrected chi connectivity index (χ4v) is 4.51. The molecule has 182 valence electrons. The molecule has 4 rings (SSSR count). The van der Waals surface area contributed by atoms with Crippen molar-refractivity contribution in [2.45, 2.75) is 64.6 Å². The number of aromatic nitrogens is 2. The predicted octanol–water partition coefficient (Wildman–Crippen LogP) is 2.35. The van der Waals surface area contributed by atoms with Crippen molar-refractivity contribution in [1.29, 1.82) is 0 Å². The minimum atomic E-state index is -0.573. The first kappa shape index (κ1) is 23.9. The van der Waals surface area contributed by atoms with E-state index in [-0.39, 0.29) is 29.5 Å². The second-order valence-electron chi connectivity index (χ2n) is 10.1. The third-order valence-corrected chi connectivity index (χ3v) is 6.24. The summed E-state index contributed by atoms with van der Waals surface area (Å²) in [6.45, 7) is 9.09. The molecular formula is C25H33N5O4. The normalized spacial score (nSPS) is 20.1. The number of carbonyl (C=O) groups is 2. The summed E-state index contributed by atoms with van der Waals surface area (Å²) in [5.74, 6) is 0.341. The number of benzene rings is 1. The van der Waals surface area contributed by atoms with Gasteiger partial charge in [-0.15, -0.1) is 0 Å². The van der Waals surface area contributed by atoms with Crippen LogP contribution in [0.5, 0.6) is 0 Å². The fraction of sp³-hybridized carbons (Fsp3) is 0.520. The van der Waals surface area contributed by atoms with Crippen LogP contribution in [0.2, 0.25) is 0 Å². The SMILES string of the molecule is CNC(=O)c1ccc(-n2c(C3CCN(C(=O)OC(C)(C)C)C3)nc3c(c2=O)CC(C)NC3)cc1. The molecule has 1 aromatic heterocycles. The number of likely N-dealkylation sites (tertiary alicyclic amines) is 1. The van der Waals surface area contributed by atoms with Crippen molar-refractivity contribution in [2.24, 2.45) is 0 Å². The average Bonchev–Trinajstić information content (AvgIpc) is 3.28. The molecule has 2 atom stereocenters. The van der Waals surface area contributed by atoms with E-state index in [1.54, 1.807) is 40.8 Å². The third-order valence-electron chi connectivity index (χ3n) is 6.24. The maximum Gasteiger partial charge on any atom is 0.410 e. The smallest absolute Gasteiger partial charge is 0.410 e. The average molecular weight is 468 g/mol. The van der Waals surface area contributed by atoms with Crippen LogP contribution in [0, 0.1) is 0 Å². The molecule has 0 radical (unpaired) electrons. The van der Waals surface area contributed by atoms with Crippen molar-refractivity contribution in [2.75, 3.05) is 20.1 Å². The monoisotopic (exact) mass is 467 g/mol. The highest BCUT2D eigenvalue weighted by Gasteiger charge is 2.34. The fourth-order valence-electron chi connectivity index (χ4n) is 4.51. The van der Waals surface area contributed by atoms with Gasteiger partial charge in [0, 0.05) is 49.8 Å². The zero-order valence-electron chi connectivity index (χ0n) is 20.5. The van der Waals surface area contributed by atoms with Crippen molar-refractivity contribution in [3.63, 3.8) is 0 Å². The zero-order chi connectivity index (χ0) is 24.6. The van der Waals surface area contributed by atoms with Gasteiger partial charge in [0.25, 0.3) is 11.5 Å². The highest BCUT2D eigenvalue weighted by Crippen LogP contribution is 2.29. The molecule has 3 heterocycles. The largest absolute Gasteiger partial charge is 0.444 e. The van der Waals surface area contributed by atoms with E-state index >= 15 is 0 Å². The van der Waals surface area contributed by atoms with E-state index in [2.05, 4.69) is 17.6 Å². The number of nitrogens with one attached hydrogen (secondary N) is 2. The van der Waals surface area contributed by atoms with Gasteiger partial charge in [-0.2, -0.15) is 0 Å².